The Balaban J connectivity index is 1.52. The Morgan fingerprint density at radius 2 is 1.77 bits per heavy atom. The highest BCUT2D eigenvalue weighted by atomic mass is 32.1. The van der Waals surface area contributed by atoms with Crippen LogP contribution in [0.5, 0.6) is 0 Å². The highest BCUT2D eigenvalue weighted by Crippen LogP contribution is 2.28. The van der Waals surface area contributed by atoms with Gasteiger partial charge in [0, 0.05) is 29.9 Å². The number of para-hydroxylation sites is 2. The van der Waals surface area contributed by atoms with E-state index in [1.54, 1.807) is 18.5 Å². The molecule has 4 rings (SSSR count). The van der Waals surface area contributed by atoms with E-state index < -0.39 is 5.92 Å². The van der Waals surface area contributed by atoms with Gasteiger partial charge in [-0.1, -0.05) is 42.5 Å². The van der Waals surface area contributed by atoms with E-state index in [4.69, 9.17) is 5.53 Å². The first kappa shape index (κ1) is 20.4. The lowest BCUT2D eigenvalue weighted by atomic mass is 9.98. The molecule has 4 aromatic rings. The fourth-order valence-electron chi connectivity index (χ4n) is 3.16. The van der Waals surface area contributed by atoms with E-state index in [-0.39, 0.29) is 5.91 Å². The first-order valence-corrected chi connectivity index (χ1v) is 10.5. The van der Waals surface area contributed by atoms with Crippen LogP contribution in [0.15, 0.2) is 89.6 Å². The summed E-state index contributed by atoms with van der Waals surface area (Å²) in [7, 11) is 0. The molecule has 0 radical (unpaired) electrons. The number of carbonyl (C=O) groups is 1. The predicted molar refractivity (Wildman–Crippen MR) is 123 cm³/mol. The fraction of sp³-hybridized carbons (Fsp3) is 0.0870. The maximum absolute atomic E-state index is 13.2. The summed E-state index contributed by atoms with van der Waals surface area (Å²) in [4.78, 5) is 21.7. The van der Waals surface area contributed by atoms with Gasteiger partial charge in [0.2, 0.25) is 5.91 Å². The lowest BCUT2D eigenvalue weighted by molar-refractivity contribution is -0.117. The Bertz CT molecular complexity index is 1160. The molecular formula is C23H20N6OS. The molecule has 0 aliphatic carbocycles. The second kappa shape index (κ2) is 9.73. The quantitative estimate of drug-likeness (QED) is 0.313. The van der Waals surface area contributed by atoms with Gasteiger partial charge >= 0.3 is 0 Å². The topological polar surface area (TPSA) is 103 Å². The molecule has 31 heavy (non-hydrogen) atoms. The monoisotopic (exact) mass is 428 g/mol. The van der Waals surface area contributed by atoms with Gasteiger partial charge in [-0.2, -0.15) is 5.11 Å². The number of nitrogens with zero attached hydrogens (tertiary/aromatic N) is 3. The van der Waals surface area contributed by atoms with E-state index in [1.807, 2.05) is 66.0 Å². The SMILES string of the molecule is N=Nc1ccccc1NCC(C(=O)Nc1nc(-c2ccncc2)cs1)c1ccccc1. The number of rotatable bonds is 8. The largest absolute Gasteiger partial charge is 0.382 e. The molecule has 0 spiro atoms. The highest BCUT2D eigenvalue weighted by molar-refractivity contribution is 7.14. The lowest BCUT2D eigenvalue weighted by Crippen LogP contribution is -2.27. The third-order valence-electron chi connectivity index (χ3n) is 4.75. The molecule has 1 atom stereocenters. The zero-order valence-electron chi connectivity index (χ0n) is 16.5. The van der Waals surface area contributed by atoms with Crippen molar-refractivity contribution in [3.05, 3.63) is 90.1 Å². The second-order valence-corrected chi connectivity index (χ2v) is 7.59. The van der Waals surface area contributed by atoms with Crippen molar-refractivity contribution >= 4 is 33.8 Å². The zero-order valence-corrected chi connectivity index (χ0v) is 17.3. The summed E-state index contributed by atoms with van der Waals surface area (Å²) in [6.07, 6.45) is 3.43. The van der Waals surface area contributed by atoms with Gasteiger partial charge < -0.3 is 10.6 Å². The number of hydrogen-bond donors (Lipinski definition) is 3. The van der Waals surface area contributed by atoms with Gasteiger partial charge in [-0.15, -0.1) is 11.3 Å². The smallest absolute Gasteiger partial charge is 0.235 e. The van der Waals surface area contributed by atoms with E-state index in [0.717, 1.165) is 16.8 Å². The minimum Gasteiger partial charge on any atom is -0.382 e. The Morgan fingerprint density at radius 3 is 2.55 bits per heavy atom. The first-order chi connectivity index (χ1) is 15.2. The van der Waals surface area contributed by atoms with Crippen LogP contribution in [0.2, 0.25) is 0 Å². The highest BCUT2D eigenvalue weighted by Gasteiger charge is 2.22. The molecule has 2 aromatic heterocycles. The Kier molecular flexibility index (Phi) is 6.39. The molecule has 0 fully saturated rings. The predicted octanol–water partition coefficient (Wildman–Crippen LogP) is 5.70. The van der Waals surface area contributed by atoms with Crippen LogP contribution in [-0.2, 0) is 4.79 Å². The molecule has 2 aromatic carbocycles. The van der Waals surface area contributed by atoms with Crippen LogP contribution in [0.1, 0.15) is 11.5 Å². The molecule has 0 saturated heterocycles. The third-order valence-corrected chi connectivity index (χ3v) is 5.51. The molecule has 1 amide bonds. The van der Waals surface area contributed by atoms with E-state index in [9.17, 15) is 4.79 Å². The van der Waals surface area contributed by atoms with Gasteiger partial charge in [0.25, 0.3) is 0 Å². The molecule has 8 heteroatoms. The van der Waals surface area contributed by atoms with Crippen LogP contribution < -0.4 is 10.6 Å². The van der Waals surface area contributed by atoms with Crippen molar-refractivity contribution in [1.82, 2.24) is 9.97 Å². The van der Waals surface area contributed by atoms with Gasteiger partial charge in [0.05, 0.1) is 17.3 Å². The standard InChI is InChI=1S/C23H20N6OS/c24-29-20-9-5-4-8-19(20)26-14-18(16-6-2-1-3-7-16)22(30)28-23-27-21(15-31-23)17-10-12-25-13-11-17/h1-13,15,18,24,26H,14H2,(H,27,28,30). The van der Waals surface area contributed by atoms with Crippen molar-refractivity contribution in [1.29, 1.82) is 5.53 Å². The fourth-order valence-corrected chi connectivity index (χ4v) is 3.88. The number of nitrogens with one attached hydrogen (secondary N) is 3. The normalized spacial score (nSPS) is 11.5. The summed E-state index contributed by atoms with van der Waals surface area (Å²) in [6.45, 7) is 0.352. The van der Waals surface area contributed by atoms with Crippen molar-refractivity contribution in [2.75, 3.05) is 17.2 Å². The van der Waals surface area contributed by atoms with Gasteiger partial charge in [0.1, 0.15) is 5.69 Å². The molecule has 2 heterocycles. The number of benzene rings is 2. The van der Waals surface area contributed by atoms with Crippen LogP contribution >= 0.6 is 11.3 Å². The van der Waals surface area contributed by atoms with Crippen molar-refractivity contribution in [2.45, 2.75) is 5.92 Å². The maximum atomic E-state index is 13.2. The lowest BCUT2D eigenvalue weighted by Gasteiger charge is -2.18. The summed E-state index contributed by atoms with van der Waals surface area (Å²) in [6, 6.07) is 20.6. The minimum atomic E-state index is -0.451. The zero-order chi connectivity index (χ0) is 21.5. The van der Waals surface area contributed by atoms with Crippen molar-refractivity contribution < 1.29 is 4.79 Å². The number of carbonyl (C=O) groups excluding carboxylic acids is 1. The van der Waals surface area contributed by atoms with Crippen molar-refractivity contribution in [2.24, 2.45) is 5.11 Å². The van der Waals surface area contributed by atoms with Crippen LogP contribution in [0, 0.1) is 5.53 Å². The summed E-state index contributed by atoms with van der Waals surface area (Å²) < 4.78 is 0. The second-order valence-electron chi connectivity index (χ2n) is 6.74. The average molecular weight is 429 g/mol. The molecule has 0 saturated carbocycles. The first-order valence-electron chi connectivity index (χ1n) is 9.66. The van der Waals surface area contributed by atoms with Gasteiger partial charge in [0.15, 0.2) is 5.13 Å². The Morgan fingerprint density at radius 1 is 1.03 bits per heavy atom. The van der Waals surface area contributed by atoms with E-state index in [2.05, 4.69) is 25.7 Å². The molecule has 3 N–H and O–H groups in total. The number of pyridine rings is 1. The molecule has 0 bridgehead atoms. The van der Waals surface area contributed by atoms with Crippen LogP contribution in [0.25, 0.3) is 11.3 Å². The van der Waals surface area contributed by atoms with Gasteiger partial charge in [-0.3, -0.25) is 9.78 Å². The molecule has 0 aliphatic heterocycles. The maximum Gasteiger partial charge on any atom is 0.235 e. The summed E-state index contributed by atoms with van der Waals surface area (Å²) in [5.41, 5.74) is 11.2. The number of thiazole rings is 1. The van der Waals surface area contributed by atoms with E-state index in [1.165, 1.54) is 11.3 Å². The summed E-state index contributed by atoms with van der Waals surface area (Å²) >= 11 is 1.38. The van der Waals surface area contributed by atoms with E-state index in [0.29, 0.717) is 23.1 Å². The third kappa shape index (κ3) is 4.99. The number of anilines is 2. The number of aromatic nitrogens is 2. The Hall–Kier alpha value is -3.91. The molecule has 1 unspecified atom stereocenters. The number of hydrogen-bond acceptors (Lipinski definition) is 7. The number of amides is 1. The molecule has 154 valence electrons. The van der Waals surface area contributed by atoms with Crippen LogP contribution in [0.3, 0.4) is 0 Å². The Labute approximate surface area is 183 Å². The van der Waals surface area contributed by atoms with Gasteiger partial charge in [-0.25, -0.2) is 10.5 Å². The summed E-state index contributed by atoms with van der Waals surface area (Å²) in [5, 5.41) is 12.2. The van der Waals surface area contributed by atoms with Crippen LogP contribution in [-0.4, -0.2) is 22.4 Å². The molecule has 0 aliphatic rings. The van der Waals surface area contributed by atoms with Crippen molar-refractivity contribution in [3.8, 4) is 11.3 Å². The van der Waals surface area contributed by atoms with Gasteiger partial charge in [-0.05, 0) is 29.8 Å². The minimum absolute atomic E-state index is 0.158. The summed E-state index contributed by atoms with van der Waals surface area (Å²) in [5.74, 6) is -0.608. The molecular weight excluding hydrogens is 408 g/mol. The molecule has 7 nitrogen and oxygen atoms in total. The average Bonchev–Trinajstić information content (AvgIpc) is 3.29. The van der Waals surface area contributed by atoms with E-state index >= 15 is 0 Å². The van der Waals surface area contributed by atoms with Crippen molar-refractivity contribution in [3.63, 3.8) is 0 Å². The van der Waals surface area contributed by atoms with Crippen LogP contribution in [0.4, 0.5) is 16.5 Å².